The first-order valence-corrected chi connectivity index (χ1v) is 18.3. The van der Waals surface area contributed by atoms with Crippen molar-refractivity contribution in [3.63, 3.8) is 0 Å². The fourth-order valence-electron chi connectivity index (χ4n) is 4.63. The molecule has 0 heterocycles. The molecule has 0 aliphatic rings. The molecule has 1 atom stereocenters. The number of aliphatic carboxylic acids is 1. The maximum absolute atomic E-state index is 12.5. The van der Waals surface area contributed by atoms with E-state index in [0.29, 0.717) is 10.9 Å². The predicted molar refractivity (Wildman–Crippen MR) is 145 cm³/mol. The van der Waals surface area contributed by atoms with Crippen molar-refractivity contribution in [1.29, 1.82) is 0 Å². The zero-order chi connectivity index (χ0) is 25.2. The van der Waals surface area contributed by atoms with Crippen molar-refractivity contribution in [3.05, 3.63) is 127 Å². The monoisotopic (exact) mass is 587 g/mol. The van der Waals surface area contributed by atoms with E-state index in [0.717, 1.165) is 5.56 Å². The summed E-state index contributed by atoms with van der Waals surface area (Å²) >= 11 is -3.64. The van der Waals surface area contributed by atoms with E-state index in [1.165, 1.54) is 10.7 Å². The van der Waals surface area contributed by atoms with Crippen LogP contribution in [0.1, 0.15) is 12.0 Å². The number of amides is 1. The second-order valence-corrected chi connectivity index (χ2v) is 20.2. The molecule has 182 valence electrons. The summed E-state index contributed by atoms with van der Waals surface area (Å²) in [4.78, 5) is 24.7. The third-order valence-electron chi connectivity index (χ3n) is 6.41. The Balaban J connectivity index is 1.61. The van der Waals surface area contributed by atoms with Gasteiger partial charge in [0.05, 0.1) is 0 Å². The zero-order valence-corrected chi connectivity index (χ0v) is 22.8. The number of hydrogen-bond acceptors (Lipinski definition) is 3. The molecule has 0 aliphatic carbocycles. The Labute approximate surface area is 215 Å². The number of carbonyl (C=O) groups is 2. The van der Waals surface area contributed by atoms with Gasteiger partial charge in [0.2, 0.25) is 0 Å². The summed E-state index contributed by atoms with van der Waals surface area (Å²) in [6.45, 7) is 0.0836. The average molecular weight is 586 g/mol. The third kappa shape index (κ3) is 6.15. The van der Waals surface area contributed by atoms with Crippen molar-refractivity contribution >= 4 is 41.2 Å². The van der Waals surface area contributed by atoms with Gasteiger partial charge in [-0.25, -0.2) is 0 Å². The molecular formula is C30H29NO4Sn. The standard InChI is InChI=1S/C12H14NO4.3C6H5.Sn/c1-2-10(11(14)15)13-12(16)17-8-9-6-4-3-5-7-9;3*1-2-4-6-5-3-1;/h3-7,10H,1-2,8H2,(H,13,16)(H,14,15);3*1-5H;. The van der Waals surface area contributed by atoms with Crippen molar-refractivity contribution < 1.29 is 19.4 Å². The molecule has 5 nitrogen and oxygen atoms in total. The fourth-order valence-corrected chi connectivity index (χ4v) is 18.5. The van der Waals surface area contributed by atoms with E-state index in [2.05, 4.69) is 41.7 Å². The summed E-state index contributed by atoms with van der Waals surface area (Å²) in [7, 11) is 0. The number of carboxylic acids is 1. The van der Waals surface area contributed by atoms with E-state index < -0.39 is 36.5 Å². The van der Waals surface area contributed by atoms with Crippen LogP contribution >= 0.6 is 0 Å². The molecule has 0 aliphatic heterocycles. The summed E-state index contributed by atoms with van der Waals surface area (Å²) in [6.07, 6.45) is -0.434. The van der Waals surface area contributed by atoms with E-state index in [-0.39, 0.29) is 6.61 Å². The van der Waals surface area contributed by atoms with Crippen LogP contribution in [0, 0.1) is 0 Å². The molecular weight excluding hydrogens is 557 g/mol. The molecule has 6 heteroatoms. The van der Waals surface area contributed by atoms with E-state index in [1.807, 2.05) is 84.9 Å². The van der Waals surface area contributed by atoms with E-state index in [4.69, 9.17) is 4.74 Å². The second kappa shape index (κ2) is 12.4. The topological polar surface area (TPSA) is 75.6 Å². The Bertz CT molecular complexity index is 1150. The molecule has 0 fully saturated rings. The van der Waals surface area contributed by atoms with Crippen LogP contribution in [0.3, 0.4) is 0 Å². The fraction of sp³-hybridized carbons (Fsp3) is 0.133. The normalized spacial score (nSPS) is 11.9. The van der Waals surface area contributed by atoms with E-state index in [1.54, 1.807) is 0 Å². The Kier molecular flexibility index (Phi) is 8.79. The first-order valence-electron chi connectivity index (χ1n) is 12.0. The summed E-state index contributed by atoms with van der Waals surface area (Å²) < 4.78 is 9.76. The van der Waals surface area contributed by atoms with Gasteiger partial charge in [0.25, 0.3) is 0 Å². The molecule has 0 saturated heterocycles. The quantitative estimate of drug-likeness (QED) is 0.277. The molecule has 0 bridgehead atoms. The Morgan fingerprint density at radius 1 is 0.694 bits per heavy atom. The number of benzene rings is 4. The van der Waals surface area contributed by atoms with Crippen molar-refractivity contribution in [2.24, 2.45) is 0 Å². The molecule has 2 N–H and O–H groups in total. The zero-order valence-electron chi connectivity index (χ0n) is 19.9. The molecule has 1 amide bonds. The maximum atomic E-state index is 12.5. The number of ether oxygens (including phenoxy) is 1. The Morgan fingerprint density at radius 2 is 1.11 bits per heavy atom. The van der Waals surface area contributed by atoms with Crippen LogP contribution in [0.25, 0.3) is 0 Å². The van der Waals surface area contributed by atoms with Crippen molar-refractivity contribution in [3.8, 4) is 0 Å². The second-order valence-electron chi connectivity index (χ2n) is 8.64. The number of rotatable bonds is 10. The summed E-state index contributed by atoms with van der Waals surface area (Å²) in [5, 5.41) is 12.6. The molecule has 0 aromatic heterocycles. The number of alkyl carbamates (subject to hydrolysis) is 1. The molecule has 1 unspecified atom stereocenters. The van der Waals surface area contributed by atoms with Gasteiger partial charge < -0.3 is 0 Å². The van der Waals surface area contributed by atoms with E-state index >= 15 is 0 Å². The van der Waals surface area contributed by atoms with Gasteiger partial charge in [0.15, 0.2) is 0 Å². The van der Waals surface area contributed by atoms with Crippen LogP contribution in [0.4, 0.5) is 4.79 Å². The summed E-state index contributed by atoms with van der Waals surface area (Å²) in [6, 6.07) is 39.5. The molecule has 0 saturated carbocycles. The van der Waals surface area contributed by atoms with Crippen molar-refractivity contribution in [2.75, 3.05) is 0 Å². The minimum atomic E-state index is -3.64. The third-order valence-corrected chi connectivity index (χ3v) is 20.7. The van der Waals surface area contributed by atoms with E-state index in [9.17, 15) is 14.7 Å². The first-order chi connectivity index (χ1) is 17.6. The van der Waals surface area contributed by atoms with Crippen LogP contribution < -0.4 is 16.1 Å². The average Bonchev–Trinajstić information content (AvgIpc) is 2.94. The first kappa shape index (κ1) is 25.5. The van der Waals surface area contributed by atoms with Crippen molar-refractivity contribution in [2.45, 2.75) is 23.5 Å². The molecule has 4 rings (SSSR count). The van der Waals surface area contributed by atoms with Crippen LogP contribution in [-0.2, 0) is 16.1 Å². The van der Waals surface area contributed by atoms with Gasteiger partial charge >= 0.3 is 216 Å². The van der Waals surface area contributed by atoms with Gasteiger partial charge in [-0.15, -0.1) is 0 Å². The molecule has 36 heavy (non-hydrogen) atoms. The van der Waals surface area contributed by atoms with Gasteiger partial charge in [0, 0.05) is 0 Å². The van der Waals surface area contributed by atoms with Crippen LogP contribution in [-0.4, -0.2) is 41.6 Å². The number of nitrogens with one attached hydrogen (secondary N) is 1. The minimum absolute atomic E-state index is 0.0836. The summed E-state index contributed by atoms with van der Waals surface area (Å²) in [5.74, 6) is -1.07. The summed E-state index contributed by atoms with van der Waals surface area (Å²) in [5.41, 5.74) is 0.840. The number of carbonyl (C=O) groups excluding carboxylic acids is 1. The molecule has 4 aromatic carbocycles. The van der Waals surface area contributed by atoms with Crippen molar-refractivity contribution in [1.82, 2.24) is 5.32 Å². The van der Waals surface area contributed by atoms with Gasteiger partial charge in [-0.1, -0.05) is 0 Å². The molecule has 4 aromatic rings. The SMILES string of the molecule is O=C(NC(C[CH2][Sn]([c]1ccccc1)([c]1ccccc1)[c]1ccccc1)C(=O)O)OCc1ccccc1. The van der Waals surface area contributed by atoms with Gasteiger partial charge in [-0.2, -0.15) is 0 Å². The Hall–Kier alpha value is -3.58. The Morgan fingerprint density at radius 3 is 1.53 bits per heavy atom. The number of carboxylic acid groups (broad SMARTS) is 1. The van der Waals surface area contributed by atoms with Crippen LogP contribution in [0.15, 0.2) is 121 Å². The molecule has 0 spiro atoms. The van der Waals surface area contributed by atoms with Gasteiger partial charge in [-0.3, -0.25) is 0 Å². The van der Waals surface area contributed by atoms with Crippen LogP contribution in [0.2, 0.25) is 4.44 Å². The number of hydrogen-bond donors (Lipinski definition) is 2. The predicted octanol–water partition coefficient (Wildman–Crippen LogP) is 3.93. The van der Waals surface area contributed by atoms with Gasteiger partial charge in [-0.05, 0) is 0 Å². The van der Waals surface area contributed by atoms with Crippen LogP contribution in [0.5, 0.6) is 0 Å². The molecule has 0 radical (unpaired) electrons. The van der Waals surface area contributed by atoms with Gasteiger partial charge in [0.1, 0.15) is 0 Å².